The zero-order chi connectivity index (χ0) is 14.9. The molecule has 1 saturated carbocycles. The molecule has 1 aliphatic heterocycles. The molecule has 4 rings (SSSR count). The van der Waals surface area contributed by atoms with Crippen LogP contribution in [0.5, 0.6) is 0 Å². The van der Waals surface area contributed by atoms with Crippen LogP contribution in [0.3, 0.4) is 0 Å². The third-order valence-electron chi connectivity index (χ3n) is 4.66. The van der Waals surface area contributed by atoms with E-state index in [1.165, 1.54) is 0 Å². The van der Waals surface area contributed by atoms with Crippen LogP contribution in [0.25, 0.3) is 0 Å². The lowest BCUT2D eigenvalue weighted by Crippen LogP contribution is -2.48. The van der Waals surface area contributed by atoms with Crippen molar-refractivity contribution in [2.24, 2.45) is 5.92 Å². The molecule has 3 heterocycles. The number of carbonyl (C=O) groups is 1. The molecule has 116 valence electrons. The maximum absolute atomic E-state index is 12.5. The van der Waals surface area contributed by atoms with Crippen LogP contribution in [0.1, 0.15) is 23.9 Å². The Hall–Kier alpha value is -2.01. The summed E-state index contributed by atoms with van der Waals surface area (Å²) in [5, 5.41) is 0. The number of nitrogens with zero attached hydrogens (tertiary/aromatic N) is 2. The Labute approximate surface area is 129 Å². The van der Waals surface area contributed by atoms with Crippen molar-refractivity contribution in [3.8, 4) is 0 Å². The predicted octanol–water partition coefficient (Wildman–Crippen LogP) is 2.32. The highest BCUT2D eigenvalue weighted by atomic mass is 16.3. The van der Waals surface area contributed by atoms with Gasteiger partial charge in [0.05, 0.1) is 19.1 Å². The summed E-state index contributed by atoms with van der Waals surface area (Å²) in [6.07, 6.45) is 4.32. The third-order valence-corrected chi connectivity index (χ3v) is 4.66. The Kier molecular flexibility index (Phi) is 3.50. The number of piperazine rings is 1. The Morgan fingerprint density at radius 3 is 2.55 bits per heavy atom. The van der Waals surface area contributed by atoms with Gasteiger partial charge in [-0.05, 0) is 30.7 Å². The molecule has 0 spiro atoms. The van der Waals surface area contributed by atoms with Crippen LogP contribution in [0.2, 0.25) is 0 Å². The van der Waals surface area contributed by atoms with Gasteiger partial charge in [0.1, 0.15) is 11.5 Å². The lowest BCUT2D eigenvalue weighted by atomic mass is 10.2. The molecule has 5 nitrogen and oxygen atoms in total. The molecule has 22 heavy (non-hydrogen) atoms. The first-order valence-electron chi connectivity index (χ1n) is 7.88. The summed E-state index contributed by atoms with van der Waals surface area (Å²) in [6.45, 7) is 4.25. The van der Waals surface area contributed by atoms with Crippen molar-refractivity contribution in [2.45, 2.75) is 18.9 Å². The molecule has 2 fully saturated rings. The van der Waals surface area contributed by atoms with Crippen LogP contribution in [-0.2, 0) is 11.3 Å². The predicted molar refractivity (Wildman–Crippen MR) is 80.1 cm³/mol. The van der Waals surface area contributed by atoms with Crippen molar-refractivity contribution in [1.82, 2.24) is 9.80 Å². The average Bonchev–Trinajstić information content (AvgIpc) is 2.94. The number of carbonyl (C=O) groups excluding carboxylic acids is 1. The summed E-state index contributed by atoms with van der Waals surface area (Å²) in [7, 11) is 0. The average molecular weight is 300 g/mol. The molecule has 2 aromatic rings. The topological polar surface area (TPSA) is 49.8 Å². The summed E-state index contributed by atoms with van der Waals surface area (Å²) in [5.74, 6) is 2.65. The molecular formula is C17H20N2O3. The van der Waals surface area contributed by atoms with E-state index in [2.05, 4.69) is 4.90 Å². The van der Waals surface area contributed by atoms with E-state index in [1.807, 2.05) is 29.2 Å². The van der Waals surface area contributed by atoms with E-state index in [1.54, 1.807) is 12.5 Å². The van der Waals surface area contributed by atoms with Crippen molar-refractivity contribution < 1.29 is 13.6 Å². The fourth-order valence-corrected chi connectivity index (χ4v) is 3.27. The molecule has 0 aromatic carbocycles. The summed E-state index contributed by atoms with van der Waals surface area (Å²) < 4.78 is 10.8. The second-order valence-electron chi connectivity index (χ2n) is 6.14. The van der Waals surface area contributed by atoms with Crippen molar-refractivity contribution in [3.63, 3.8) is 0 Å². The highest BCUT2D eigenvalue weighted by Gasteiger charge is 2.47. The van der Waals surface area contributed by atoms with Crippen LogP contribution in [0.4, 0.5) is 0 Å². The Balaban J connectivity index is 1.28. The number of amides is 1. The maximum atomic E-state index is 12.5. The van der Waals surface area contributed by atoms with Crippen LogP contribution in [0, 0.1) is 5.92 Å². The molecule has 2 atom stereocenters. The van der Waals surface area contributed by atoms with E-state index in [0.717, 1.165) is 50.7 Å². The first-order valence-corrected chi connectivity index (χ1v) is 7.88. The van der Waals surface area contributed by atoms with Gasteiger partial charge in [-0.1, -0.05) is 0 Å². The first-order chi connectivity index (χ1) is 10.8. The Bertz CT molecular complexity index is 612. The first kappa shape index (κ1) is 13.6. The highest BCUT2D eigenvalue weighted by molar-refractivity contribution is 5.83. The normalized spacial score (nSPS) is 25.4. The molecule has 0 N–H and O–H groups in total. The molecule has 2 aliphatic rings. The van der Waals surface area contributed by atoms with Crippen LogP contribution >= 0.6 is 0 Å². The lowest BCUT2D eigenvalue weighted by molar-refractivity contribution is -0.134. The molecule has 0 bridgehead atoms. The fourth-order valence-electron chi connectivity index (χ4n) is 3.27. The molecule has 1 amide bonds. The minimum atomic E-state index is 0.128. The van der Waals surface area contributed by atoms with Gasteiger partial charge in [-0.25, -0.2) is 0 Å². The van der Waals surface area contributed by atoms with E-state index in [0.29, 0.717) is 11.8 Å². The summed E-state index contributed by atoms with van der Waals surface area (Å²) in [4.78, 5) is 16.9. The van der Waals surface area contributed by atoms with Gasteiger partial charge < -0.3 is 13.7 Å². The second-order valence-corrected chi connectivity index (χ2v) is 6.14. The monoisotopic (exact) mass is 300 g/mol. The lowest BCUT2D eigenvalue weighted by Gasteiger charge is -2.34. The molecule has 5 heteroatoms. The minimum absolute atomic E-state index is 0.128. The van der Waals surface area contributed by atoms with Gasteiger partial charge in [0.2, 0.25) is 5.91 Å². The summed E-state index contributed by atoms with van der Waals surface area (Å²) >= 11 is 0. The third kappa shape index (κ3) is 2.68. The van der Waals surface area contributed by atoms with Gasteiger partial charge in [-0.3, -0.25) is 9.69 Å². The highest BCUT2D eigenvalue weighted by Crippen LogP contribution is 2.48. The number of hydrogen-bond donors (Lipinski definition) is 0. The van der Waals surface area contributed by atoms with E-state index >= 15 is 0 Å². The van der Waals surface area contributed by atoms with E-state index in [4.69, 9.17) is 8.83 Å². The zero-order valence-electron chi connectivity index (χ0n) is 12.5. The van der Waals surface area contributed by atoms with Crippen molar-refractivity contribution in [1.29, 1.82) is 0 Å². The minimum Gasteiger partial charge on any atom is -0.469 e. The van der Waals surface area contributed by atoms with Crippen LogP contribution in [0.15, 0.2) is 45.6 Å². The van der Waals surface area contributed by atoms with Gasteiger partial charge in [-0.15, -0.1) is 0 Å². The number of rotatable bonds is 4. The van der Waals surface area contributed by atoms with Gasteiger partial charge >= 0.3 is 0 Å². The standard InChI is InChI=1S/C17H20N2O3/c20-17(15-11-14(15)16-4-2-10-22-16)19-7-5-18(6-8-19)12-13-3-1-9-21-13/h1-4,9-10,14-15H,5-8,11-12H2/t14-,15-/m1/s1. The SMILES string of the molecule is O=C([C@@H]1C[C@H]1c1ccco1)N1CCN(Cc2ccco2)CC1. The molecule has 1 aliphatic carbocycles. The fraction of sp³-hybridized carbons (Fsp3) is 0.471. The zero-order valence-corrected chi connectivity index (χ0v) is 12.5. The molecule has 0 radical (unpaired) electrons. The largest absolute Gasteiger partial charge is 0.469 e. The van der Waals surface area contributed by atoms with Gasteiger partial charge in [0.25, 0.3) is 0 Å². The summed E-state index contributed by atoms with van der Waals surface area (Å²) in [5.41, 5.74) is 0. The van der Waals surface area contributed by atoms with E-state index < -0.39 is 0 Å². The molecule has 2 aromatic heterocycles. The van der Waals surface area contributed by atoms with Gasteiger partial charge in [0.15, 0.2) is 0 Å². The van der Waals surface area contributed by atoms with Crippen LogP contribution < -0.4 is 0 Å². The molecular weight excluding hydrogens is 280 g/mol. The van der Waals surface area contributed by atoms with Gasteiger partial charge in [-0.2, -0.15) is 0 Å². The Morgan fingerprint density at radius 1 is 1.09 bits per heavy atom. The number of furan rings is 2. The maximum Gasteiger partial charge on any atom is 0.226 e. The van der Waals surface area contributed by atoms with Crippen molar-refractivity contribution in [3.05, 3.63) is 48.3 Å². The van der Waals surface area contributed by atoms with E-state index in [-0.39, 0.29) is 5.92 Å². The Morgan fingerprint density at radius 2 is 1.86 bits per heavy atom. The molecule has 1 saturated heterocycles. The van der Waals surface area contributed by atoms with Crippen LogP contribution in [-0.4, -0.2) is 41.9 Å². The second kappa shape index (κ2) is 5.65. The quantitative estimate of drug-likeness (QED) is 0.869. The van der Waals surface area contributed by atoms with Crippen molar-refractivity contribution in [2.75, 3.05) is 26.2 Å². The summed E-state index contributed by atoms with van der Waals surface area (Å²) in [6, 6.07) is 7.77. The van der Waals surface area contributed by atoms with Crippen molar-refractivity contribution >= 4 is 5.91 Å². The smallest absolute Gasteiger partial charge is 0.226 e. The van der Waals surface area contributed by atoms with Gasteiger partial charge in [0, 0.05) is 38.0 Å². The molecule has 0 unspecified atom stereocenters. The van der Waals surface area contributed by atoms with E-state index in [9.17, 15) is 4.79 Å². The number of hydrogen-bond acceptors (Lipinski definition) is 4.